The van der Waals surface area contributed by atoms with Crippen LogP contribution in [0.15, 0.2) is 54.1 Å². The fourth-order valence-electron chi connectivity index (χ4n) is 3.28. The van der Waals surface area contributed by atoms with E-state index >= 15 is 0 Å². The molecule has 6 nitrogen and oxygen atoms in total. The van der Waals surface area contributed by atoms with E-state index in [0.717, 1.165) is 0 Å². The minimum Gasteiger partial charge on any atom is -0.507 e. The number of methoxy groups -OCH3 is 2. The van der Waals surface area contributed by atoms with Crippen LogP contribution in [0.5, 0.6) is 5.75 Å². The van der Waals surface area contributed by atoms with Gasteiger partial charge in [-0.15, -0.1) is 0 Å². The topological polar surface area (TPSA) is 76.1 Å². The van der Waals surface area contributed by atoms with Crippen LogP contribution in [0.3, 0.4) is 0 Å². The van der Waals surface area contributed by atoms with Crippen LogP contribution in [-0.4, -0.2) is 49.1 Å². The predicted octanol–water partition coefficient (Wildman–Crippen LogP) is 3.42. The number of aliphatic hydroxyl groups excluding tert-OH is 1. The highest BCUT2D eigenvalue weighted by atomic mass is 35.5. The number of likely N-dealkylation sites (tertiary alicyclic amines) is 1. The van der Waals surface area contributed by atoms with Crippen molar-refractivity contribution in [2.45, 2.75) is 6.04 Å². The predicted molar refractivity (Wildman–Crippen MR) is 105 cm³/mol. The van der Waals surface area contributed by atoms with E-state index in [9.17, 15) is 14.7 Å². The lowest BCUT2D eigenvalue weighted by atomic mass is 9.95. The molecular weight excluding hydrogens is 382 g/mol. The fraction of sp³-hybridized carbons (Fsp3) is 0.238. The Balaban J connectivity index is 2.19. The number of benzene rings is 2. The molecule has 0 aromatic heterocycles. The summed E-state index contributed by atoms with van der Waals surface area (Å²) in [6.07, 6.45) is 0. The Hall–Kier alpha value is -2.83. The van der Waals surface area contributed by atoms with E-state index < -0.39 is 17.7 Å². The SMILES string of the molecule is COCCN1C(=O)C(=O)/C(=C(\O)c2ccccc2OC)C1c1ccc(Cl)cc1. The molecule has 7 heteroatoms. The number of carbonyl (C=O) groups excluding carboxylic acids is 2. The van der Waals surface area contributed by atoms with Crippen LogP contribution in [0.25, 0.3) is 5.76 Å². The van der Waals surface area contributed by atoms with E-state index in [4.69, 9.17) is 21.1 Å². The number of hydrogen-bond donors (Lipinski definition) is 1. The number of aliphatic hydroxyl groups is 1. The van der Waals surface area contributed by atoms with Crippen LogP contribution in [-0.2, 0) is 14.3 Å². The molecule has 1 heterocycles. The monoisotopic (exact) mass is 401 g/mol. The molecule has 0 radical (unpaired) electrons. The highest BCUT2D eigenvalue weighted by Crippen LogP contribution is 2.40. The van der Waals surface area contributed by atoms with Crippen molar-refractivity contribution in [1.82, 2.24) is 4.90 Å². The van der Waals surface area contributed by atoms with E-state index in [0.29, 0.717) is 21.9 Å². The van der Waals surface area contributed by atoms with Gasteiger partial charge < -0.3 is 19.5 Å². The van der Waals surface area contributed by atoms with E-state index in [1.807, 2.05) is 0 Å². The second-order valence-corrected chi connectivity index (χ2v) is 6.67. The van der Waals surface area contributed by atoms with Gasteiger partial charge in [0.25, 0.3) is 11.7 Å². The normalized spacial score (nSPS) is 18.5. The van der Waals surface area contributed by atoms with Crippen molar-refractivity contribution >= 4 is 29.1 Å². The van der Waals surface area contributed by atoms with Crippen LogP contribution < -0.4 is 4.74 Å². The fourth-order valence-corrected chi connectivity index (χ4v) is 3.40. The van der Waals surface area contributed by atoms with E-state index in [1.165, 1.54) is 19.1 Å². The highest BCUT2D eigenvalue weighted by molar-refractivity contribution is 6.46. The van der Waals surface area contributed by atoms with Crippen LogP contribution >= 0.6 is 11.6 Å². The average Bonchev–Trinajstić information content (AvgIpc) is 2.97. The van der Waals surface area contributed by atoms with Crippen molar-refractivity contribution in [3.05, 3.63) is 70.3 Å². The number of halogens is 1. The van der Waals surface area contributed by atoms with Crippen LogP contribution in [0.2, 0.25) is 5.02 Å². The molecule has 1 atom stereocenters. The lowest BCUT2D eigenvalue weighted by molar-refractivity contribution is -0.140. The Morgan fingerprint density at radius 3 is 2.43 bits per heavy atom. The second-order valence-electron chi connectivity index (χ2n) is 6.24. The lowest BCUT2D eigenvalue weighted by Gasteiger charge is -2.25. The third-order valence-electron chi connectivity index (χ3n) is 4.62. The maximum absolute atomic E-state index is 12.8. The standard InChI is InChI=1S/C21H20ClNO5/c1-27-12-11-23-18(13-7-9-14(22)10-8-13)17(20(25)21(23)26)19(24)15-5-3-4-6-16(15)28-2/h3-10,18,24H,11-12H2,1-2H3/b19-17-. The van der Waals surface area contributed by atoms with Gasteiger partial charge in [-0.3, -0.25) is 9.59 Å². The molecule has 1 aliphatic heterocycles. The van der Waals surface area contributed by atoms with Gasteiger partial charge in [0.1, 0.15) is 11.5 Å². The van der Waals surface area contributed by atoms with Crippen molar-refractivity contribution in [3.8, 4) is 5.75 Å². The van der Waals surface area contributed by atoms with Gasteiger partial charge >= 0.3 is 0 Å². The maximum atomic E-state index is 12.8. The summed E-state index contributed by atoms with van der Waals surface area (Å²) in [6, 6.07) is 12.8. The smallest absolute Gasteiger partial charge is 0.295 e. The summed E-state index contributed by atoms with van der Waals surface area (Å²) in [7, 11) is 2.99. The number of ether oxygens (including phenoxy) is 2. The minimum atomic E-state index is -0.752. The Morgan fingerprint density at radius 1 is 1.11 bits per heavy atom. The second kappa shape index (κ2) is 8.46. The molecule has 0 saturated carbocycles. The summed E-state index contributed by atoms with van der Waals surface area (Å²) in [6.45, 7) is 0.461. The highest BCUT2D eigenvalue weighted by Gasteiger charge is 2.46. The van der Waals surface area contributed by atoms with Crippen LogP contribution in [0.1, 0.15) is 17.2 Å². The number of nitrogens with zero attached hydrogens (tertiary/aromatic N) is 1. The van der Waals surface area contributed by atoms with Gasteiger partial charge in [0.15, 0.2) is 0 Å². The number of carbonyl (C=O) groups is 2. The molecule has 1 unspecified atom stereocenters. The van der Waals surface area contributed by atoms with Crippen molar-refractivity contribution in [2.75, 3.05) is 27.4 Å². The number of rotatable bonds is 6. The molecule has 1 amide bonds. The van der Waals surface area contributed by atoms with Gasteiger partial charge in [0.2, 0.25) is 0 Å². The molecule has 1 saturated heterocycles. The number of para-hydroxylation sites is 1. The minimum absolute atomic E-state index is 0.00734. The number of amides is 1. The zero-order chi connectivity index (χ0) is 20.3. The average molecular weight is 402 g/mol. The number of hydrogen-bond acceptors (Lipinski definition) is 5. The van der Waals surface area contributed by atoms with Crippen molar-refractivity contribution in [1.29, 1.82) is 0 Å². The summed E-state index contributed by atoms with van der Waals surface area (Å²) >= 11 is 5.98. The Morgan fingerprint density at radius 2 is 1.79 bits per heavy atom. The first kappa shape index (κ1) is 19.9. The van der Waals surface area contributed by atoms with Gasteiger partial charge in [0.05, 0.1) is 30.9 Å². The Bertz CT molecular complexity index is 923. The first-order valence-corrected chi connectivity index (χ1v) is 9.03. The molecule has 1 N–H and O–H groups in total. The summed E-state index contributed by atoms with van der Waals surface area (Å²) in [5.74, 6) is -1.32. The zero-order valence-electron chi connectivity index (χ0n) is 15.5. The molecule has 0 aliphatic carbocycles. The van der Waals surface area contributed by atoms with Gasteiger partial charge in [-0.25, -0.2) is 0 Å². The first-order valence-electron chi connectivity index (χ1n) is 8.65. The summed E-state index contributed by atoms with van der Waals surface area (Å²) < 4.78 is 10.4. The quantitative estimate of drug-likeness (QED) is 0.456. The summed E-state index contributed by atoms with van der Waals surface area (Å²) in [5.41, 5.74) is 1.01. The molecule has 2 aromatic carbocycles. The molecule has 0 bridgehead atoms. The maximum Gasteiger partial charge on any atom is 0.295 e. The summed E-state index contributed by atoms with van der Waals surface area (Å²) in [4.78, 5) is 26.9. The zero-order valence-corrected chi connectivity index (χ0v) is 16.3. The largest absolute Gasteiger partial charge is 0.507 e. The molecule has 146 valence electrons. The Labute approximate surface area is 167 Å². The third-order valence-corrected chi connectivity index (χ3v) is 4.88. The first-order chi connectivity index (χ1) is 13.5. The van der Waals surface area contributed by atoms with Gasteiger partial charge in [0, 0.05) is 18.7 Å². The summed E-state index contributed by atoms with van der Waals surface area (Å²) in [5, 5.41) is 11.5. The van der Waals surface area contributed by atoms with Gasteiger partial charge in [-0.2, -0.15) is 0 Å². The van der Waals surface area contributed by atoms with E-state index in [1.54, 1.807) is 48.5 Å². The number of Topliss-reactive ketones (excluding diaryl/α,β-unsaturated/α-hetero) is 1. The molecule has 2 aromatic rings. The van der Waals surface area contributed by atoms with Crippen molar-refractivity contribution < 1.29 is 24.2 Å². The molecular formula is C21H20ClNO5. The van der Waals surface area contributed by atoms with Crippen LogP contribution in [0.4, 0.5) is 0 Å². The number of ketones is 1. The van der Waals surface area contributed by atoms with Crippen molar-refractivity contribution in [2.24, 2.45) is 0 Å². The van der Waals surface area contributed by atoms with Crippen molar-refractivity contribution in [3.63, 3.8) is 0 Å². The van der Waals surface area contributed by atoms with Gasteiger partial charge in [-0.05, 0) is 29.8 Å². The molecule has 1 fully saturated rings. The van der Waals surface area contributed by atoms with E-state index in [2.05, 4.69) is 0 Å². The van der Waals surface area contributed by atoms with Crippen LogP contribution in [0, 0.1) is 0 Å². The molecule has 3 rings (SSSR count). The molecule has 1 aliphatic rings. The van der Waals surface area contributed by atoms with Gasteiger partial charge in [-0.1, -0.05) is 35.9 Å². The lowest BCUT2D eigenvalue weighted by Crippen LogP contribution is -2.32. The molecule has 28 heavy (non-hydrogen) atoms. The van der Waals surface area contributed by atoms with E-state index in [-0.39, 0.29) is 24.5 Å². The third kappa shape index (κ3) is 3.61. The Kier molecular flexibility index (Phi) is 6.02. The molecule has 0 spiro atoms.